The molecule has 0 bridgehead atoms. The van der Waals surface area contributed by atoms with Crippen LogP contribution in [-0.4, -0.2) is 68.0 Å². The zero-order valence-corrected chi connectivity index (χ0v) is 18.3. The van der Waals surface area contributed by atoms with Crippen LogP contribution in [0, 0.1) is 11.3 Å². The van der Waals surface area contributed by atoms with Gasteiger partial charge in [0, 0.05) is 0 Å². The van der Waals surface area contributed by atoms with Crippen LogP contribution in [0.4, 0.5) is 0 Å². The van der Waals surface area contributed by atoms with Gasteiger partial charge >= 0.3 is 11.9 Å². The highest BCUT2D eigenvalue weighted by Crippen LogP contribution is 2.41. The van der Waals surface area contributed by atoms with E-state index in [2.05, 4.69) is 6.92 Å². The maximum atomic E-state index is 12.1. The van der Waals surface area contributed by atoms with Gasteiger partial charge in [-0.3, -0.25) is 9.59 Å². The molecule has 3 atom stereocenters. The van der Waals surface area contributed by atoms with Crippen molar-refractivity contribution in [1.82, 2.24) is 0 Å². The Bertz CT molecular complexity index is 456. The highest BCUT2D eigenvalue weighted by atomic mass is 16.4. The molecule has 0 aromatic heterocycles. The number of carboxylic acids is 2. The maximum absolute atomic E-state index is 12.1. The number of hydrogen-bond donors (Lipinski definition) is 6. The van der Waals surface area contributed by atoms with E-state index < -0.39 is 61.5 Å². The van der Waals surface area contributed by atoms with E-state index in [-0.39, 0.29) is 6.42 Å². The molecule has 0 amide bonds. The van der Waals surface area contributed by atoms with Crippen molar-refractivity contribution < 1.29 is 40.2 Å². The lowest BCUT2D eigenvalue weighted by Gasteiger charge is -2.37. The molecule has 0 aliphatic rings. The summed E-state index contributed by atoms with van der Waals surface area (Å²) in [5.41, 5.74) is -1.98. The van der Waals surface area contributed by atoms with E-state index >= 15 is 0 Å². The van der Waals surface area contributed by atoms with Gasteiger partial charge in [-0.05, 0) is 19.3 Å². The van der Waals surface area contributed by atoms with Crippen LogP contribution < -0.4 is 0 Å². The van der Waals surface area contributed by atoms with E-state index in [4.69, 9.17) is 10.2 Å². The van der Waals surface area contributed by atoms with Crippen molar-refractivity contribution in [1.29, 1.82) is 0 Å². The number of carbonyl (C=O) groups is 2. The predicted octanol–water partition coefficient (Wildman–Crippen LogP) is 2.56. The molecule has 8 nitrogen and oxygen atoms in total. The van der Waals surface area contributed by atoms with E-state index in [9.17, 15) is 30.0 Å². The van der Waals surface area contributed by atoms with Crippen LogP contribution in [0.15, 0.2) is 0 Å². The fourth-order valence-corrected chi connectivity index (χ4v) is 4.13. The summed E-state index contributed by atoms with van der Waals surface area (Å²) in [7, 11) is 0. The molecule has 0 fully saturated rings. The Morgan fingerprint density at radius 1 is 0.733 bits per heavy atom. The molecule has 0 spiro atoms. The van der Waals surface area contributed by atoms with E-state index in [0.29, 0.717) is 6.42 Å². The topological polar surface area (TPSA) is 156 Å². The standard InChI is InChI=1S/C22H42O8/c1-2-3-4-5-6-7-8-9-10-11-12-19(20(27)28)22(21(29)30,13-17(25)15-23)14-18(26)16-24/h17-19,23-26H,2-16H2,1H3,(H,27,28)(H,29,30). The second-order valence-electron chi connectivity index (χ2n) is 8.40. The zero-order chi connectivity index (χ0) is 23.0. The third-order valence-electron chi connectivity index (χ3n) is 5.86. The minimum Gasteiger partial charge on any atom is -0.481 e. The Labute approximate surface area is 179 Å². The molecule has 0 rings (SSSR count). The van der Waals surface area contributed by atoms with Gasteiger partial charge in [-0.25, -0.2) is 0 Å². The van der Waals surface area contributed by atoms with Gasteiger partial charge < -0.3 is 30.6 Å². The first-order valence-electron chi connectivity index (χ1n) is 11.3. The van der Waals surface area contributed by atoms with Crippen LogP contribution in [0.2, 0.25) is 0 Å². The third kappa shape index (κ3) is 10.7. The third-order valence-corrected chi connectivity index (χ3v) is 5.86. The number of carboxylic acid groups (broad SMARTS) is 2. The van der Waals surface area contributed by atoms with Crippen LogP contribution in [0.25, 0.3) is 0 Å². The van der Waals surface area contributed by atoms with Gasteiger partial charge in [0.1, 0.15) is 0 Å². The van der Waals surface area contributed by atoms with Gasteiger partial charge in [0.2, 0.25) is 0 Å². The highest BCUT2D eigenvalue weighted by molar-refractivity contribution is 5.83. The van der Waals surface area contributed by atoms with Gasteiger partial charge in [0.05, 0.1) is 36.8 Å². The minimum absolute atomic E-state index is 0.0917. The number of rotatable bonds is 20. The molecule has 0 aliphatic heterocycles. The summed E-state index contributed by atoms with van der Waals surface area (Å²) in [6, 6.07) is 0. The van der Waals surface area contributed by atoms with Crippen molar-refractivity contribution >= 4 is 11.9 Å². The maximum Gasteiger partial charge on any atom is 0.310 e. The van der Waals surface area contributed by atoms with Crippen LogP contribution in [0.5, 0.6) is 0 Å². The molecular formula is C22H42O8. The lowest BCUT2D eigenvalue weighted by atomic mass is 9.66. The number of unbranched alkanes of at least 4 members (excludes halogenated alkanes) is 9. The van der Waals surface area contributed by atoms with E-state index in [1.165, 1.54) is 32.1 Å². The van der Waals surface area contributed by atoms with E-state index in [1.807, 2.05) is 0 Å². The summed E-state index contributed by atoms with van der Waals surface area (Å²) in [6.07, 6.45) is 6.81. The second-order valence-corrected chi connectivity index (χ2v) is 8.40. The molecule has 0 saturated carbocycles. The number of aliphatic hydroxyl groups excluding tert-OH is 4. The summed E-state index contributed by atoms with van der Waals surface area (Å²) < 4.78 is 0. The molecule has 0 heterocycles. The SMILES string of the molecule is CCCCCCCCCCCCC(C(=O)O)C(CC(O)CO)(CC(O)CO)C(=O)O. The Kier molecular flexibility index (Phi) is 15.8. The molecule has 0 aromatic carbocycles. The van der Waals surface area contributed by atoms with Crippen molar-refractivity contribution in [3.8, 4) is 0 Å². The van der Waals surface area contributed by atoms with Crippen molar-refractivity contribution in [3.05, 3.63) is 0 Å². The molecule has 3 unspecified atom stereocenters. The molecule has 30 heavy (non-hydrogen) atoms. The summed E-state index contributed by atoms with van der Waals surface area (Å²) >= 11 is 0. The zero-order valence-electron chi connectivity index (χ0n) is 18.3. The Hall–Kier alpha value is -1.22. The van der Waals surface area contributed by atoms with E-state index in [0.717, 1.165) is 25.7 Å². The lowest BCUT2D eigenvalue weighted by Crippen LogP contribution is -2.48. The number of aliphatic carboxylic acids is 2. The monoisotopic (exact) mass is 434 g/mol. The summed E-state index contributed by atoms with van der Waals surface area (Å²) in [4.78, 5) is 24.0. The highest BCUT2D eigenvalue weighted by Gasteiger charge is 2.51. The van der Waals surface area contributed by atoms with Gasteiger partial charge in [-0.2, -0.15) is 0 Å². The van der Waals surface area contributed by atoms with Gasteiger partial charge in [0.15, 0.2) is 0 Å². The number of aliphatic hydroxyl groups is 4. The number of hydrogen-bond acceptors (Lipinski definition) is 6. The molecule has 0 saturated heterocycles. The molecule has 0 aromatic rings. The largest absolute Gasteiger partial charge is 0.481 e. The second kappa shape index (κ2) is 16.5. The summed E-state index contributed by atoms with van der Waals surface area (Å²) in [5.74, 6) is -4.11. The van der Waals surface area contributed by atoms with Crippen LogP contribution in [0.1, 0.15) is 90.4 Å². The first kappa shape index (κ1) is 28.8. The summed E-state index contributed by atoms with van der Waals surface area (Å²) in [6.45, 7) is 0.752. The first-order valence-corrected chi connectivity index (χ1v) is 11.3. The van der Waals surface area contributed by atoms with Crippen molar-refractivity contribution in [2.24, 2.45) is 11.3 Å². The minimum atomic E-state index is -1.98. The van der Waals surface area contributed by atoms with Crippen molar-refractivity contribution in [2.75, 3.05) is 13.2 Å². The predicted molar refractivity (Wildman–Crippen MR) is 113 cm³/mol. The Morgan fingerprint density at radius 2 is 1.13 bits per heavy atom. The smallest absolute Gasteiger partial charge is 0.310 e. The Morgan fingerprint density at radius 3 is 1.47 bits per heavy atom. The van der Waals surface area contributed by atoms with Crippen molar-refractivity contribution in [3.63, 3.8) is 0 Å². The molecule has 6 N–H and O–H groups in total. The average Bonchev–Trinajstić information content (AvgIpc) is 2.70. The lowest BCUT2D eigenvalue weighted by molar-refractivity contribution is -0.170. The first-order chi connectivity index (χ1) is 14.2. The van der Waals surface area contributed by atoms with Gasteiger partial charge in [-0.1, -0.05) is 71.1 Å². The molecular weight excluding hydrogens is 392 g/mol. The molecule has 0 aliphatic carbocycles. The molecule has 178 valence electrons. The van der Waals surface area contributed by atoms with Crippen molar-refractivity contribution in [2.45, 2.75) is 103 Å². The fraction of sp³-hybridized carbons (Fsp3) is 0.909. The molecule has 0 radical (unpaired) electrons. The Balaban J connectivity index is 4.89. The normalized spacial score (nSPS) is 16.6. The van der Waals surface area contributed by atoms with Crippen LogP contribution in [0.3, 0.4) is 0 Å². The summed E-state index contributed by atoms with van der Waals surface area (Å²) in [5, 5.41) is 57.6. The quantitative estimate of drug-likeness (QED) is 0.160. The van der Waals surface area contributed by atoms with E-state index in [1.54, 1.807) is 0 Å². The van der Waals surface area contributed by atoms with Crippen LogP contribution in [-0.2, 0) is 9.59 Å². The molecule has 8 heteroatoms. The van der Waals surface area contributed by atoms with Gasteiger partial charge in [0.25, 0.3) is 0 Å². The fourth-order valence-electron chi connectivity index (χ4n) is 4.13. The van der Waals surface area contributed by atoms with Gasteiger partial charge in [-0.15, -0.1) is 0 Å². The average molecular weight is 435 g/mol. The van der Waals surface area contributed by atoms with Crippen LogP contribution >= 0.6 is 0 Å².